The predicted molar refractivity (Wildman–Crippen MR) is 138 cm³/mol. The number of benzene rings is 3. The third kappa shape index (κ3) is 4.90. The third-order valence-corrected chi connectivity index (χ3v) is 5.86. The van der Waals surface area contributed by atoms with Crippen molar-refractivity contribution in [2.45, 2.75) is 13.8 Å². The molecular weight excluding hydrogens is 472 g/mol. The Bertz CT molecular complexity index is 1670. The summed E-state index contributed by atoms with van der Waals surface area (Å²) in [6.45, 7) is 3.09. The first-order valence-corrected chi connectivity index (χ1v) is 11.5. The quantitative estimate of drug-likeness (QED) is 0.309. The van der Waals surface area contributed by atoms with Crippen LogP contribution in [0.4, 0.5) is 5.88 Å². The number of carbonyl (C=O) groups is 2. The van der Waals surface area contributed by atoms with Crippen LogP contribution in [0.1, 0.15) is 21.5 Å². The van der Waals surface area contributed by atoms with Crippen molar-refractivity contribution in [2.75, 3.05) is 11.9 Å². The van der Waals surface area contributed by atoms with Gasteiger partial charge >= 0.3 is 5.97 Å². The molecule has 0 bridgehead atoms. The number of nitrogens with zero attached hydrogens (tertiary/aromatic N) is 1. The number of ether oxygens (including phenoxy) is 1. The molecule has 5 aromatic rings. The predicted octanol–water partition coefficient (Wildman–Crippen LogP) is 5.53. The molecule has 8 heteroatoms. The lowest BCUT2D eigenvalue weighted by atomic mass is 10.0. The van der Waals surface area contributed by atoms with E-state index in [0.29, 0.717) is 22.6 Å². The van der Waals surface area contributed by atoms with E-state index in [1.807, 2.05) is 61.5 Å². The Morgan fingerprint density at radius 2 is 1.68 bits per heavy atom. The van der Waals surface area contributed by atoms with Crippen LogP contribution >= 0.6 is 0 Å². The molecule has 0 aliphatic carbocycles. The Morgan fingerprint density at radius 1 is 0.919 bits per heavy atom. The van der Waals surface area contributed by atoms with Gasteiger partial charge in [0.25, 0.3) is 5.91 Å². The number of amides is 1. The summed E-state index contributed by atoms with van der Waals surface area (Å²) in [5, 5.41) is 6.72. The highest BCUT2D eigenvalue weighted by Crippen LogP contribution is 2.27. The van der Waals surface area contributed by atoms with Crippen molar-refractivity contribution in [3.63, 3.8) is 0 Å². The van der Waals surface area contributed by atoms with Crippen LogP contribution in [0.3, 0.4) is 0 Å². The Labute approximate surface area is 211 Å². The minimum Gasteiger partial charge on any atom is -0.455 e. The Kier molecular flexibility index (Phi) is 6.38. The average Bonchev–Trinajstić information content (AvgIpc) is 3.38. The van der Waals surface area contributed by atoms with Gasteiger partial charge in [-0.3, -0.25) is 14.9 Å². The van der Waals surface area contributed by atoms with Gasteiger partial charge in [0.1, 0.15) is 17.0 Å². The summed E-state index contributed by atoms with van der Waals surface area (Å²) < 4.78 is 16.4. The third-order valence-electron chi connectivity index (χ3n) is 5.86. The number of aryl methyl sites for hydroxylation is 1. The van der Waals surface area contributed by atoms with E-state index in [0.717, 1.165) is 11.1 Å². The zero-order chi connectivity index (χ0) is 25.9. The number of aromatic nitrogens is 1. The highest BCUT2D eigenvalue weighted by Gasteiger charge is 2.20. The highest BCUT2D eigenvalue weighted by molar-refractivity contribution is 6.03. The number of carbonyl (C=O) groups excluding carboxylic acids is 2. The van der Waals surface area contributed by atoms with E-state index in [1.54, 1.807) is 25.1 Å². The van der Waals surface area contributed by atoms with Gasteiger partial charge in [-0.15, -0.1) is 0 Å². The molecule has 3 aromatic carbocycles. The maximum atomic E-state index is 13.0. The van der Waals surface area contributed by atoms with Crippen LogP contribution in [0.2, 0.25) is 0 Å². The largest absolute Gasteiger partial charge is 0.455 e. The number of esters is 1. The zero-order valence-electron chi connectivity index (χ0n) is 20.1. The molecule has 1 amide bonds. The van der Waals surface area contributed by atoms with E-state index < -0.39 is 18.5 Å². The Balaban J connectivity index is 1.32. The number of hydrogen-bond donors (Lipinski definition) is 1. The van der Waals surface area contributed by atoms with Gasteiger partial charge in [0.2, 0.25) is 5.88 Å². The van der Waals surface area contributed by atoms with Crippen LogP contribution in [-0.2, 0) is 9.53 Å². The number of fused-ring (bicyclic) bond motifs is 1. The molecule has 0 unspecified atom stereocenters. The molecule has 0 radical (unpaired) electrons. The van der Waals surface area contributed by atoms with Crippen LogP contribution in [0.25, 0.3) is 33.6 Å². The van der Waals surface area contributed by atoms with Crippen LogP contribution < -0.4 is 10.7 Å². The first-order chi connectivity index (χ1) is 17.9. The molecule has 37 heavy (non-hydrogen) atoms. The number of hydrogen-bond acceptors (Lipinski definition) is 7. The van der Waals surface area contributed by atoms with Crippen LogP contribution in [-0.4, -0.2) is 23.6 Å². The molecule has 0 atom stereocenters. The summed E-state index contributed by atoms with van der Waals surface area (Å²) in [7, 11) is 0. The molecule has 0 aliphatic heterocycles. The minimum atomic E-state index is -0.801. The Morgan fingerprint density at radius 3 is 2.43 bits per heavy atom. The van der Waals surface area contributed by atoms with E-state index in [2.05, 4.69) is 10.5 Å². The monoisotopic (exact) mass is 494 g/mol. The fraction of sp³-hybridized carbons (Fsp3) is 0.103. The van der Waals surface area contributed by atoms with Gasteiger partial charge in [0, 0.05) is 22.8 Å². The summed E-state index contributed by atoms with van der Waals surface area (Å²) in [6, 6.07) is 23.0. The van der Waals surface area contributed by atoms with E-state index in [4.69, 9.17) is 13.7 Å². The maximum Gasteiger partial charge on any atom is 0.342 e. The van der Waals surface area contributed by atoms with E-state index in [-0.39, 0.29) is 27.8 Å². The molecule has 0 spiro atoms. The van der Waals surface area contributed by atoms with Crippen LogP contribution in [0.15, 0.2) is 92.6 Å². The SMILES string of the molecule is Cc1ccc(-c2cc(NC(=O)COC(=O)c3cccc4c(=O)c(C)c(-c5ccccc5)oc34)on2)cc1. The fourth-order valence-electron chi connectivity index (χ4n) is 3.91. The smallest absolute Gasteiger partial charge is 0.342 e. The molecule has 0 aliphatic rings. The van der Waals surface area contributed by atoms with Crippen LogP contribution in [0.5, 0.6) is 0 Å². The number of rotatable bonds is 6. The second-order valence-corrected chi connectivity index (χ2v) is 8.50. The van der Waals surface area contributed by atoms with Gasteiger partial charge in [0.05, 0.1) is 5.39 Å². The lowest BCUT2D eigenvalue weighted by molar-refractivity contribution is -0.119. The van der Waals surface area contributed by atoms with Crippen LogP contribution in [0, 0.1) is 13.8 Å². The van der Waals surface area contributed by atoms with Crippen molar-refractivity contribution in [3.8, 4) is 22.6 Å². The summed E-state index contributed by atoms with van der Waals surface area (Å²) in [5.74, 6) is -0.923. The molecule has 2 aromatic heterocycles. The zero-order valence-corrected chi connectivity index (χ0v) is 20.1. The molecule has 5 rings (SSSR count). The number of nitrogens with one attached hydrogen (secondary N) is 1. The Hall–Kier alpha value is -4.98. The topological polar surface area (TPSA) is 112 Å². The molecule has 0 saturated carbocycles. The average molecular weight is 495 g/mol. The molecule has 8 nitrogen and oxygen atoms in total. The maximum absolute atomic E-state index is 13.0. The van der Waals surface area contributed by atoms with E-state index in [1.165, 1.54) is 6.07 Å². The number of para-hydroxylation sites is 1. The summed E-state index contributed by atoms with van der Waals surface area (Å²) >= 11 is 0. The lowest BCUT2D eigenvalue weighted by Gasteiger charge is -2.10. The van der Waals surface area contributed by atoms with Gasteiger partial charge in [-0.1, -0.05) is 71.4 Å². The highest BCUT2D eigenvalue weighted by atomic mass is 16.5. The summed E-state index contributed by atoms with van der Waals surface area (Å²) in [4.78, 5) is 38.3. The van der Waals surface area contributed by atoms with Crippen molar-refractivity contribution in [1.29, 1.82) is 0 Å². The molecule has 0 saturated heterocycles. The standard InChI is InChI=1S/C29H22N2O6/c1-17-11-13-19(14-12-17)23-15-25(37-31-23)30-24(32)16-35-29(34)22-10-6-9-21-26(33)18(2)27(36-28(21)22)20-7-4-3-5-8-20/h3-15H,16H2,1-2H3,(H,30,32). The molecular formula is C29H22N2O6. The normalized spacial score (nSPS) is 10.9. The molecule has 0 fully saturated rings. The lowest BCUT2D eigenvalue weighted by Crippen LogP contribution is -2.21. The van der Waals surface area contributed by atoms with E-state index in [9.17, 15) is 14.4 Å². The minimum absolute atomic E-state index is 0.0425. The first-order valence-electron chi connectivity index (χ1n) is 11.5. The van der Waals surface area contributed by atoms with E-state index >= 15 is 0 Å². The fourth-order valence-corrected chi connectivity index (χ4v) is 3.91. The molecule has 2 heterocycles. The van der Waals surface area contributed by atoms with Gasteiger partial charge < -0.3 is 13.7 Å². The van der Waals surface area contributed by atoms with Gasteiger partial charge in [-0.05, 0) is 26.0 Å². The molecule has 184 valence electrons. The van der Waals surface area contributed by atoms with Crippen molar-refractivity contribution in [3.05, 3.63) is 106 Å². The van der Waals surface area contributed by atoms with Gasteiger partial charge in [0.15, 0.2) is 17.6 Å². The molecule has 1 N–H and O–H groups in total. The second-order valence-electron chi connectivity index (χ2n) is 8.50. The van der Waals surface area contributed by atoms with Crippen molar-refractivity contribution >= 4 is 28.7 Å². The number of anilines is 1. The van der Waals surface area contributed by atoms with Gasteiger partial charge in [-0.2, -0.15) is 0 Å². The van der Waals surface area contributed by atoms with Gasteiger partial charge in [-0.25, -0.2) is 4.79 Å². The first kappa shape index (κ1) is 23.7. The second kappa shape index (κ2) is 9.94. The summed E-state index contributed by atoms with van der Waals surface area (Å²) in [6.07, 6.45) is 0. The van der Waals surface area contributed by atoms with Crippen molar-refractivity contribution in [2.24, 2.45) is 0 Å². The van der Waals surface area contributed by atoms with Crippen molar-refractivity contribution < 1.29 is 23.3 Å². The van der Waals surface area contributed by atoms with Crippen molar-refractivity contribution in [1.82, 2.24) is 5.16 Å². The summed E-state index contributed by atoms with van der Waals surface area (Å²) in [5.41, 5.74) is 3.54.